The van der Waals surface area contributed by atoms with E-state index in [-0.39, 0.29) is 10.6 Å². The lowest BCUT2D eigenvalue weighted by Gasteiger charge is -2.10. The third kappa shape index (κ3) is 4.09. The summed E-state index contributed by atoms with van der Waals surface area (Å²) in [6.45, 7) is 2.73. The SMILES string of the molecule is Cc1nn(C)c(C)c1S(=O)(=O)NNC(=O)COc1ccc(F)cc1. The Morgan fingerprint density at radius 3 is 2.46 bits per heavy atom. The summed E-state index contributed by atoms with van der Waals surface area (Å²) in [5, 5.41) is 4.02. The molecule has 8 nitrogen and oxygen atoms in total. The minimum Gasteiger partial charge on any atom is -0.484 e. The van der Waals surface area contributed by atoms with Crippen LogP contribution < -0.4 is 15.0 Å². The van der Waals surface area contributed by atoms with Crippen LogP contribution in [0.4, 0.5) is 4.39 Å². The van der Waals surface area contributed by atoms with Crippen LogP contribution >= 0.6 is 0 Å². The molecule has 2 N–H and O–H groups in total. The van der Waals surface area contributed by atoms with Crippen molar-refractivity contribution in [3.63, 3.8) is 0 Å². The molecule has 0 aliphatic heterocycles. The molecule has 0 saturated heterocycles. The van der Waals surface area contributed by atoms with Crippen molar-refractivity contribution in [3.05, 3.63) is 41.5 Å². The van der Waals surface area contributed by atoms with Crippen LogP contribution in [-0.2, 0) is 21.9 Å². The van der Waals surface area contributed by atoms with Crippen LogP contribution in [-0.4, -0.2) is 30.7 Å². The molecule has 0 unspecified atom stereocenters. The fraction of sp³-hybridized carbons (Fsp3) is 0.286. The highest BCUT2D eigenvalue weighted by Crippen LogP contribution is 2.17. The van der Waals surface area contributed by atoms with Crippen molar-refractivity contribution in [1.82, 2.24) is 20.0 Å². The number of carbonyl (C=O) groups is 1. The van der Waals surface area contributed by atoms with Gasteiger partial charge in [-0.3, -0.25) is 14.9 Å². The number of aromatic nitrogens is 2. The number of hydrazine groups is 1. The highest BCUT2D eigenvalue weighted by Gasteiger charge is 2.24. The number of amides is 1. The van der Waals surface area contributed by atoms with Crippen molar-refractivity contribution in [2.45, 2.75) is 18.7 Å². The molecule has 0 aliphatic rings. The van der Waals surface area contributed by atoms with Gasteiger partial charge in [-0.25, -0.2) is 12.8 Å². The Hall–Kier alpha value is -2.46. The zero-order chi connectivity index (χ0) is 17.9. The number of sulfonamides is 1. The molecule has 0 radical (unpaired) electrons. The number of hydrogen-bond acceptors (Lipinski definition) is 5. The molecule has 1 amide bonds. The molecule has 2 aromatic rings. The summed E-state index contributed by atoms with van der Waals surface area (Å²) in [6.07, 6.45) is 0. The Balaban J connectivity index is 1.94. The van der Waals surface area contributed by atoms with Crippen LogP contribution in [0.2, 0.25) is 0 Å². The van der Waals surface area contributed by atoms with E-state index >= 15 is 0 Å². The smallest absolute Gasteiger partial charge is 0.272 e. The normalized spacial score (nSPS) is 11.3. The van der Waals surface area contributed by atoms with Crippen LogP contribution in [0.15, 0.2) is 29.2 Å². The van der Waals surface area contributed by atoms with E-state index in [1.165, 1.54) is 28.9 Å². The second-order valence-electron chi connectivity index (χ2n) is 5.02. The average Bonchev–Trinajstić information content (AvgIpc) is 2.78. The molecule has 0 spiro atoms. The third-order valence-corrected chi connectivity index (χ3v) is 4.72. The number of hydrogen-bond donors (Lipinski definition) is 2. The quantitative estimate of drug-likeness (QED) is 0.737. The zero-order valence-electron chi connectivity index (χ0n) is 13.3. The van der Waals surface area contributed by atoms with E-state index < -0.39 is 28.4 Å². The van der Waals surface area contributed by atoms with Crippen molar-refractivity contribution in [1.29, 1.82) is 0 Å². The molecule has 0 fully saturated rings. The maximum absolute atomic E-state index is 12.7. The molecule has 0 saturated carbocycles. The Kier molecular flexibility index (Phi) is 5.20. The molecule has 0 atom stereocenters. The molecule has 1 aromatic heterocycles. The van der Waals surface area contributed by atoms with Crippen LogP contribution in [0, 0.1) is 19.7 Å². The van der Waals surface area contributed by atoms with Crippen molar-refractivity contribution in [3.8, 4) is 5.75 Å². The molecule has 24 heavy (non-hydrogen) atoms. The summed E-state index contributed by atoms with van der Waals surface area (Å²) in [5.41, 5.74) is 2.81. The molecule has 130 valence electrons. The van der Waals surface area contributed by atoms with E-state index in [2.05, 4.69) is 10.5 Å². The first-order valence-corrected chi connectivity index (χ1v) is 8.38. The summed E-state index contributed by atoms with van der Waals surface area (Å²) < 4.78 is 43.8. The largest absolute Gasteiger partial charge is 0.484 e. The van der Waals surface area contributed by atoms with E-state index in [1.807, 2.05) is 4.83 Å². The molecule has 0 bridgehead atoms. The third-order valence-electron chi connectivity index (χ3n) is 3.22. The van der Waals surface area contributed by atoms with Crippen LogP contribution in [0.3, 0.4) is 0 Å². The number of carbonyl (C=O) groups excluding carboxylic acids is 1. The molecule has 0 aliphatic carbocycles. The number of nitrogens with one attached hydrogen (secondary N) is 2. The van der Waals surface area contributed by atoms with Gasteiger partial charge in [0.25, 0.3) is 15.9 Å². The summed E-state index contributed by atoms with van der Waals surface area (Å²) in [6, 6.07) is 5.08. The van der Waals surface area contributed by atoms with Gasteiger partial charge in [0.1, 0.15) is 16.5 Å². The predicted molar refractivity (Wildman–Crippen MR) is 83.0 cm³/mol. The molecular weight excluding hydrogens is 339 g/mol. The summed E-state index contributed by atoms with van der Waals surface area (Å²) in [5.74, 6) is -0.850. The Bertz CT molecular complexity index is 846. The second-order valence-corrected chi connectivity index (χ2v) is 6.64. The van der Waals surface area contributed by atoms with Crippen molar-refractivity contribution in [2.75, 3.05) is 6.61 Å². The monoisotopic (exact) mass is 356 g/mol. The second kappa shape index (κ2) is 6.97. The standard InChI is InChI=1S/C14H17FN4O4S/c1-9-14(10(2)19(3)17-9)24(21,22)18-16-13(20)8-23-12-6-4-11(15)5-7-12/h4-7,18H,8H2,1-3H3,(H,16,20). The topological polar surface area (TPSA) is 102 Å². The minimum absolute atomic E-state index is 0.00440. The van der Waals surface area contributed by atoms with Gasteiger partial charge in [0.15, 0.2) is 6.61 Å². The van der Waals surface area contributed by atoms with Gasteiger partial charge in [0.2, 0.25) is 0 Å². The van der Waals surface area contributed by atoms with Crippen LogP contribution in [0.1, 0.15) is 11.4 Å². The highest BCUT2D eigenvalue weighted by atomic mass is 32.2. The Morgan fingerprint density at radius 2 is 1.92 bits per heavy atom. The lowest BCUT2D eigenvalue weighted by Crippen LogP contribution is -2.44. The van der Waals surface area contributed by atoms with E-state index in [9.17, 15) is 17.6 Å². The van der Waals surface area contributed by atoms with Gasteiger partial charge >= 0.3 is 0 Å². The number of benzene rings is 1. The van der Waals surface area contributed by atoms with Gasteiger partial charge < -0.3 is 4.74 Å². The minimum atomic E-state index is -3.95. The molecule has 1 heterocycles. The first-order chi connectivity index (χ1) is 11.2. The van der Waals surface area contributed by atoms with E-state index in [0.717, 1.165) is 0 Å². The van der Waals surface area contributed by atoms with E-state index in [1.54, 1.807) is 20.9 Å². The lowest BCUT2D eigenvalue weighted by atomic mass is 10.3. The molecule has 1 aromatic carbocycles. The van der Waals surface area contributed by atoms with Gasteiger partial charge in [-0.2, -0.15) is 5.10 Å². The molecule has 2 rings (SSSR count). The predicted octanol–water partition coefficient (Wildman–Crippen LogP) is 0.565. The Labute approximate surface area is 138 Å². The van der Waals surface area contributed by atoms with Gasteiger partial charge in [-0.15, -0.1) is 4.83 Å². The average molecular weight is 356 g/mol. The number of nitrogens with zero attached hydrogens (tertiary/aromatic N) is 2. The number of aryl methyl sites for hydroxylation is 2. The number of ether oxygens (including phenoxy) is 1. The highest BCUT2D eigenvalue weighted by molar-refractivity contribution is 7.89. The zero-order valence-corrected chi connectivity index (χ0v) is 14.1. The fourth-order valence-electron chi connectivity index (χ4n) is 2.03. The summed E-state index contributed by atoms with van der Waals surface area (Å²) >= 11 is 0. The lowest BCUT2D eigenvalue weighted by molar-refractivity contribution is -0.123. The van der Waals surface area contributed by atoms with Gasteiger partial charge in [-0.1, -0.05) is 0 Å². The van der Waals surface area contributed by atoms with E-state index in [0.29, 0.717) is 11.4 Å². The van der Waals surface area contributed by atoms with Crippen molar-refractivity contribution in [2.24, 2.45) is 7.05 Å². The van der Waals surface area contributed by atoms with Crippen LogP contribution in [0.25, 0.3) is 0 Å². The summed E-state index contributed by atoms with van der Waals surface area (Å²) in [4.78, 5) is 13.7. The van der Waals surface area contributed by atoms with E-state index in [4.69, 9.17) is 4.74 Å². The Morgan fingerprint density at radius 1 is 1.29 bits per heavy atom. The first kappa shape index (κ1) is 17.9. The maximum Gasteiger partial charge on any atom is 0.272 e. The first-order valence-electron chi connectivity index (χ1n) is 6.90. The van der Waals surface area contributed by atoms with Gasteiger partial charge in [-0.05, 0) is 38.1 Å². The van der Waals surface area contributed by atoms with Crippen molar-refractivity contribution >= 4 is 15.9 Å². The van der Waals surface area contributed by atoms with Gasteiger partial charge in [0.05, 0.1) is 11.4 Å². The maximum atomic E-state index is 12.7. The number of halogens is 1. The fourth-order valence-corrected chi connectivity index (χ4v) is 3.34. The van der Waals surface area contributed by atoms with Crippen LogP contribution in [0.5, 0.6) is 5.75 Å². The summed E-state index contributed by atoms with van der Waals surface area (Å²) in [7, 11) is -2.33. The molecular formula is C14H17FN4O4S. The number of rotatable bonds is 6. The van der Waals surface area contributed by atoms with Crippen molar-refractivity contribution < 1.29 is 22.3 Å². The van der Waals surface area contributed by atoms with Gasteiger partial charge in [0, 0.05) is 7.05 Å². The molecule has 10 heteroatoms.